The summed E-state index contributed by atoms with van der Waals surface area (Å²) in [6.07, 6.45) is 1.17. The third-order valence-corrected chi connectivity index (χ3v) is 6.12. The first-order chi connectivity index (χ1) is 16.3. The van der Waals surface area contributed by atoms with Crippen LogP contribution in [-0.2, 0) is 22.6 Å². The number of halogens is 1. The molecule has 0 saturated carbocycles. The van der Waals surface area contributed by atoms with Crippen molar-refractivity contribution in [3.05, 3.63) is 71.4 Å². The first-order valence-corrected chi connectivity index (χ1v) is 11.3. The summed E-state index contributed by atoms with van der Waals surface area (Å²) in [4.78, 5) is 17.2. The van der Waals surface area contributed by atoms with Crippen molar-refractivity contribution >= 4 is 27.6 Å². The molecular formula is C28H26FNO4. The normalized spacial score (nSPS) is 14.2. The zero-order valence-electron chi connectivity index (χ0n) is 19.4. The minimum absolute atomic E-state index is 0.294. The lowest BCUT2D eigenvalue weighted by molar-refractivity contribution is -0.160. The molecule has 2 heterocycles. The van der Waals surface area contributed by atoms with Crippen LogP contribution in [0.25, 0.3) is 32.8 Å². The molecule has 3 aromatic carbocycles. The van der Waals surface area contributed by atoms with Crippen molar-refractivity contribution < 1.29 is 23.8 Å². The predicted octanol–water partition coefficient (Wildman–Crippen LogP) is 6.40. The number of nitrogens with zero attached hydrogens (tertiary/aromatic N) is 1. The van der Waals surface area contributed by atoms with E-state index in [-0.39, 0.29) is 0 Å². The van der Waals surface area contributed by atoms with Crippen LogP contribution in [0.3, 0.4) is 0 Å². The molecule has 0 fully saturated rings. The summed E-state index contributed by atoms with van der Waals surface area (Å²) in [5, 5.41) is 12.8. The Hall–Kier alpha value is -3.51. The Balaban J connectivity index is 1.92. The van der Waals surface area contributed by atoms with Crippen LogP contribution in [0, 0.1) is 0 Å². The maximum absolute atomic E-state index is 14.5. The molecule has 0 unspecified atom stereocenters. The number of carbonyl (C=O) groups is 1. The lowest BCUT2D eigenvalue weighted by atomic mass is 9.85. The van der Waals surface area contributed by atoms with Gasteiger partial charge in [-0.1, -0.05) is 24.3 Å². The van der Waals surface area contributed by atoms with Gasteiger partial charge in [0.1, 0.15) is 12.4 Å². The Bertz CT molecular complexity index is 1410. The summed E-state index contributed by atoms with van der Waals surface area (Å²) in [7, 11) is 0. The Morgan fingerprint density at radius 3 is 2.74 bits per heavy atom. The van der Waals surface area contributed by atoms with Gasteiger partial charge in [0.2, 0.25) is 0 Å². The van der Waals surface area contributed by atoms with Gasteiger partial charge < -0.3 is 14.6 Å². The number of fused-ring (bicyclic) bond motifs is 1. The molecule has 0 saturated heterocycles. The Morgan fingerprint density at radius 1 is 1.21 bits per heavy atom. The number of alkyl halides is 1. The molecule has 1 atom stereocenters. The Labute approximate surface area is 197 Å². The van der Waals surface area contributed by atoms with E-state index in [4.69, 9.17) is 9.47 Å². The smallest absolute Gasteiger partial charge is 0.337 e. The lowest BCUT2D eigenvalue weighted by Crippen LogP contribution is -2.28. The second-order valence-corrected chi connectivity index (χ2v) is 9.53. The van der Waals surface area contributed by atoms with E-state index in [1.54, 1.807) is 33.0 Å². The number of benzene rings is 3. The summed E-state index contributed by atoms with van der Waals surface area (Å²) in [5.74, 6) is -0.415. The second-order valence-electron chi connectivity index (χ2n) is 9.53. The van der Waals surface area contributed by atoms with Crippen LogP contribution in [0.4, 0.5) is 4.39 Å². The molecule has 1 aromatic heterocycles. The quantitative estimate of drug-likeness (QED) is 0.374. The fourth-order valence-electron chi connectivity index (χ4n) is 4.81. The van der Waals surface area contributed by atoms with Crippen LogP contribution >= 0.6 is 0 Å². The molecule has 0 bridgehead atoms. The molecule has 0 radical (unpaired) electrons. The third-order valence-electron chi connectivity index (χ3n) is 6.12. The average Bonchev–Trinajstić information content (AvgIpc) is 2.81. The van der Waals surface area contributed by atoms with Gasteiger partial charge in [0.25, 0.3) is 0 Å². The molecular weight excluding hydrogens is 433 g/mol. The molecule has 1 aliphatic rings. The van der Waals surface area contributed by atoms with Crippen molar-refractivity contribution in [3.63, 3.8) is 0 Å². The predicted molar refractivity (Wildman–Crippen MR) is 130 cm³/mol. The number of hydrogen-bond acceptors (Lipinski definition) is 4. The third kappa shape index (κ3) is 3.78. The van der Waals surface area contributed by atoms with Crippen molar-refractivity contribution in [2.75, 3.05) is 6.61 Å². The van der Waals surface area contributed by atoms with Gasteiger partial charge in [0.15, 0.2) is 6.10 Å². The fraction of sp³-hybridized carbons (Fsp3) is 0.286. The molecule has 0 spiro atoms. The lowest BCUT2D eigenvalue weighted by Gasteiger charge is -2.29. The number of rotatable bonds is 5. The largest absolute Gasteiger partial charge is 0.493 e. The number of aliphatic carboxylic acids is 1. The highest BCUT2D eigenvalue weighted by molar-refractivity contribution is 6.08. The zero-order valence-corrected chi connectivity index (χ0v) is 19.4. The Morgan fingerprint density at radius 2 is 2.00 bits per heavy atom. The van der Waals surface area contributed by atoms with E-state index in [1.165, 1.54) is 0 Å². The van der Waals surface area contributed by atoms with Gasteiger partial charge in [-0.15, -0.1) is 0 Å². The van der Waals surface area contributed by atoms with Crippen molar-refractivity contribution in [2.24, 2.45) is 0 Å². The van der Waals surface area contributed by atoms with Crippen LogP contribution in [0.1, 0.15) is 43.6 Å². The molecule has 5 nitrogen and oxygen atoms in total. The summed E-state index contributed by atoms with van der Waals surface area (Å²) in [6, 6.07) is 15.1. The molecule has 0 amide bonds. The zero-order chi connectivity index (χ0) is 24.0. The maximum Gasteiger partial charge on any atom is 0.337 e. The summed E-state index contributed by atoms with van der Waals surface area (Å²) in [6.45, 7) is 5.15. The molecule has 5 rings (SSSR count). The monoisotopic (exact) mass is 459 g/mol. The molecule has 6 heteroatoms. The van der Waals surface area contributed by atoms with Crippen LogP contribution in [0.5, 0.6) is 5.75 Å². The minimum Gasteiger partial charge on any atom is -0.493 e. The molecule has 34 heavy (non-hydrogen) atoms. The van der Waals surface area contributed by atoms with E-state index in [2.05, 4.69) is 4.98 Å². The van der Waals surface area contributed by atoms with Crippen molar-refractivity contribution in [2.45, 2.75) is 45.6 Å². The van der Waals surface area contributed by atoms with Gasteiger partial charge >= 0.3 is 5.97 Å². The number of ether oxygens (including phenoxy) is 2. The number of carboxylic acid groups (broad SMARTS) is 1. The van der Waals surface area contributed by atoms with Crippen molar-refractivity contribution in [3.8, 4) is 16.9 Å². The van der Waals surface area contributed by atoms with Crippen molar-refractivity contribution in [1.29, 1.82) is 0 Å². The molecule has 0 aliphatic carbocycles. The first-order valence-electron chi connectivity index (χ1n) is 11.3. The molecule has 4 aromatic rings. The SMILES string of the molecule is CC(C)(C)O[C@H](C(=O)O)c1c(CF)cc2ccccc2c1-c1ccc2c3c(ccnc13)CCO2. The van der Waals surface area contributed by atoms with Gasteiger partial charge in [0, 0.05) is 29.1 Å². The highest BCUT2D eigenvalue weighted by atomic mass is 19.1. The number of hydrogen-bond donors (Lipinski definition) is 1. The van der Waals surface area contributed by atoms with E-state index in [1.807, 2.05) is 42.5 Å². The van der Waals surface area contributed by atoms with Crippen LogP contribution in [0.15, 0.2) is 54.7 Å². The van der Waals surface area contributed by atoms with Crippen LogP contribution in [-0.4, -0.2) is 28.3 Å². The van der Waals surface area contributed by atoms with Gasteiger partial charge in [-0.25, -0.2) is 9.18 Å². The van der Waals surface area contributed by atoms with Gasteiger partial charge in [-0.3, -0.25) is 4.98 Å². The molecule has 174 valence electrons. The van der Waals surface area contributed by atoms with E-state index in [9.17, 15) is 14.3 Å². The highest BCUT2D eigenvalue weighted by Crippen LogP contribution is 2.45. The second kappa shape index (κ2) is 8.37. The minimum atomic E-state index is -1.35. The summed E-state index contributed by atoms with van der Waals surface area (Å²) < 4.78 is 26.4. The topological polar surface area (TPSA) is 68.7 Å². The van der Waals surface area contributed by atoms with Gasteiger partial charge in [-0.05, 0) is 72.5 Å². The summed E-state index contributed by atoms with van der Waals surface area (Å²) in [5.41, 5.74) is 3.05. The number of carboxylic acids is 1. The average molecular weight is 460 g/mol. The highest BCUT2D eigenvalue weighted by Gasteiger charge is 2.33. The number of aromatic nitrogens is 1. The van der Waals surface area contributed by atoms with Crippen molar-refractivity contribution in [1.82, 2.24) is 4.98 Å². The van der Waals surface area contributed by atoms with Gasteiger partial charge in [0.05, 0.1) is 17.7 Å². The number of pyridine rings is 1. The van der Waals surface area contributed by atoms with E-state index in [0.717, 1.165) is 39.5 Å². The van der Waals surface area contributed by atoms with Crippen LogP contribution < -0.4 is 4.74 Å². The summed E-state index contributed by atoms with van der Waals surface area (Å²) >= 11 is 0. The van der Waals surface area contributed by atoms with Gasteiger partial charge in [-0.2, -0.15) is 0 Å². The molecule has 1 N–H and O–H groups in total. The molecule has 1 aliphatic heterocycles. The van der Waals surface area contributed by atoms with E-state index < -0.39 is 24.3 Å². The standard InChI is InChI=1S/C28H26FNO4/c1-28(2,3)34-26(27(31)32)23-18(15-29)14-17-6-4-5-7-19(17)24(23)20-8-9-21-22-16(11-13-33-21)10-12-30-25(20)22/h4-10,12,14,26H,11,13,15H2,1-3H3,(H,31,32)/t26-/m0/s1. The first kappa shape index (κ1) is 22.3. The van der Waals surface area contributed by atoms with Crippen LogP contribution in [0.2, 0.25) is 0 Å². The van der Waals surface area contributed by atoms with E-state index in [0.29, 0.717) is 28.8 Å². The Kier molecular flexibility index (Phi) is 5.48. The van der Waals surface area contributed by atoms with E-state index >= 15 is 0 Å². The fourth-order valence-corrected chi connectivity index (χ4v) is 4.81. The maximum atomic E-state index is 14.5.